The van der Waals surface area contributed by atoms with Crippen molar-refractivity contribution in [2.45, 2.75) is 59.2 Å². The molecule has 1 atom stereocenters. The summed E-state index contributed by atoms with van der Waals surface area (Å²) in [5.74, 6) is 1.68. The van der Waals surface area contributed by atoms with Gasteiger partial charge in [-0.05, 0) is 33.2 Å². The monoisotopic (exact) mass is 181 g/mol. The first-order chi connectivity index (χ1) is 5.82. The predicted molar refractivity (Wildman–Crippen MR) is 61.3 cm³/mol. The Balaban J connectivity index is 2.72. The molecule has 1 heterocycles. The number of hydrogen-bond donors (Lipinski definition) is 0. The minimum absolute atomic E-state index is 0.347. The lowest BCUT2D eigenvalue weighted by molar-refractivity contribution is 0.247. The minimum atomic E-state index is 0.347. The molecule has 0 saturated carbocycles. The molecular formula is C11H24BN. The number of rotatable bonds is 1. The van der Waals surface area contributed by atoms with E-state index in [2.05, 4.69) is 46.4 Å². The van der Waals surface area contributed by atoms with Gasteiger partial charge < -0.3 is 4.81 Å². The van der Waals surface area contributed by atoms with Crippen LogP contribution in [-0.2, 0) is 0 Å². The molecule has 0 aromatic carbocycles. The second kappa shape index (κ2) is 3.64. The normalized spacial score (nSPS) is 26.1. The Kier molecular flexibility index (Phi) is 3.11. The summed E-state index contributed by atoms with van der Waals surface area (Å²) in [7, 11) is 0. The van der Waals surface area contributed by atoms with Gasteiger partial charge in [0.1, 0.15) is 0 Å². The number of hydrogen-bond acceptors (Lipinski definition) is 1. The smallest absolute Gasteiger partial charge is 0.226 e. The van der Waals surface area contributed by atoms with Crippen molar-refractivity contribution in [3.8, 4) is 0 Å². The molecule has 0 bridgehead atoms. The van der Waals surface area contributed by atoms with Crippen molar-refractivity contribution in [3.05, 3.63) is 0 Å². The molecule has 1 unspecified atom stereocenters. The molecule has 1 saturated heterocycles. The topological polar surface area (TPSA) is 3.24 Å². The Labute approximate surface area is 84.0 Å². The van der Waals surface area contributed by atoms with Crippen LogP contribution in [0.4, 0.5) is 0 Å². The lowest BCUT2D eigenvalue weighted by Gasteiger charge is -2.37. The van der Waals surface area contributed by atoms with Gasteiger partial charge in [0.2, 0.25) is 6.85 Å². The van der Waals surface area contributed by atoms with E-state index in [-0.39, 0.29) is 0 Å². The zero-order valence-electron chi connectivity index (χ0n) is 10.1. The highest BCUT2D eigenvalue weighted by molar-refractivity contribution is 6.58. The molecular weight excluding hydrogens is 157 g/mol. The largest absolute Gasteiger partial charge is 0.337 e. The summed E-state index contributed by atoms with van der Waals surface area (Å²) in [5, 5.41) is 0. The van der Waals surface area contributed by atoms with Gasteiger partial charge in [-0.3, -0.25) is 0 Å². The van der Waals surface area contributed by atoms with Crippen molar-refractivity contribution in [2.75, 3.05) is 6.54 Å². The molecule has 1 aliphatic heterocycles. The van der Waals surface area contributed by atoms with Gasteiger partial charge in [-0.15, -0.1) is 0 Å². The summed E-state index contributed by atoms with van der Waals surface area (Å²) in [6.07, 6.45) is 1.38. The third kappa shape index (κ3) is 2.49. The maximum Gasteiger partial charge on any atom is 0.226 e. The summed E-state index contributed by atoms with van der Waals surface area (Å²) in [5.41, 5.74) is 0.347. The molecule has 1 aliphatic rings. The molecule has 0 aromatic rings. The fourth-order valence-electron chi connectivity index (χ4n) is 2.49. The van der Waals surface area contributed by atoms with Gasteiger partial charge in [0.15, 0.2) is 0 Å². The van der Waals surface area contributed by atoms with Crippen molar-refractivity contribution in [2.24, 2.45) is 5.92 Å². The Morgan fingerprint density at radius 3 is 2.15 bits per heavy atom. The van der Waals surface area contributed by atoms with E-state index < -0.39 is 0 Å². The van der Waals surface area contributed by atoms with Gasteiger partial charge in [0.25, 0.3) is 0 Å². The molecule has 0 aromatic heterocycles. The summed E-state index contributed by atoms with van der Waals surface area (Å²) < 4.78 is 0. The van der Waals surface area contributed by atoms with Crippen molar-refractivity contribution in [1.82, 2.24) is 4.81 Å². The minimum Gasteiger partial charge on any atom is -0.337 e. The van der Waals surface area contributed by atoms with Gasteiger partial charge in [-0.1, -0.05) is 32.9 Å². The van der Waals surface area contributed by atoms with E-state index in [9.17, 15) is 0 Å². The molecule has 1 nitrogen and oxygen atoms in total. The van der Waals surface area contributed by atoms with Crippen LogP contribution in [0.2, 0.25) is 12.1 Å². The molecule has 1 fully saturated rings. The molecule has 0 aliphatic carbocycles. The van der Waals surface area contributed by atoms with E-state index in [0.717, 1.165) is 18.6 Å². The molecule has 0 amide bonds. The van der Waals surface area contributed by atoms with E-state index >= 15 is 0 Å². The maximum absolute atomic E-state index is 2.68. The third-order valence-electron chi connectivity index (χ3n) is 3.18. The maximum atomic E-state index is 2.68. The zero-order chi connectivity index (χ0) is 10.2. The Morgan fingerprint density at radius 1 is 1.31 bits per heavy atom. The van der Waals surface area contributed by atoms with E-state index in [1.165, 1.54) is 12.9 Å². The lowest BCUT2D eigenvalue weighted by Crippen LogP contribution is -2.48. The van der Waals surface area contributed by atoms with Crippen molar-refractivity contribution < 1.29 is 0 Å². The summed E-state index contributed by atoms with van der Waals surface area (Å²) in [6, 6.07) is 0. The first-order valence-electron chi connectivity index (χ1n) is 5.59. The van der Waals surface area contributed by atoms with Gasteiger partial charge in [-0.25, -0.2) is 0 Å². The van der Waals surface area contributed by atoms with E-state index in [1.807, 2.05) is 0 Å². The van der Waals surface area contributed by atoms with Gasteiger partial charge in [-0.2, -0.15) is 0 Å². The van der Waals surface area contributed by atoms with Crippen molar-refractivity contribution >= 4 is 6.85 Å². The first kappa shape index (κ1) is 11.1. The number of nitrogens with zero attached hydrogens (tertiary/aromatic N) is 1. The highest BCUT2D eigenvalue weighted by Gasteiger charge is 2.40. The molecule has 13 heavy (non-hydrogen) atoms. The Hall–Kier alpha value is 0.0249. The summed E-state index contributed by atoms with van der Waals surface area (Å²) >= 11 is 0. The standard InChI is InChI=1S/C11H24BN/c1-9(2)12-7-10(3)8-13(12)11(4,5)6/h9-10H,7-8H2,1-6H3. The van der Waals surface area contributed by atoms with E-state index in [4.69, 9.17) is 0 Å². The van der Waals surface area contributed by atoms with E-state index in [1.54, 1.807) is 0 Å². The van der Waals surface area contributed by atoms with Crippen LogP contribution in [0.5, 0.6) is 0 Å². The Bertz CT molecular complexity index is 171. The van der Waals surface area contributed by atoms with Gasteiger partial charge in [0.05, 0.1) is 0 Å². The van der Waals surface area contributed by atoms with Crippen LogP contribution < -0.4 is 0 Å². The van der Waals surface area contributed by atoms with Crippen LogP contribution >= 0.6 is 0 Å². The SMILES string of the molecule is CC1CB(C(C)C)N(C(C)(C)C)C1. The van der Waals surface area contributed by atoms with Crippen molar-refractivity contribution in [1.29, 1.82) is 0 Å². The highest BCUT2D eigenvalue weighted by Crippen LogP contribution is 2.33. The molecule has 2 heteroatoms. The Morgan fingerprint density at radius 2 is 1.85 bits per heavy atom. The predicted octanol–water partition coefficient (Wildman–Crippen LogP) is 3.14. The molecule has 76 valence electrons. The zero-order valence-corrected chi connectivity index (χ0v) is 10.1. The molecule has 0 N–H and O–H groups in total. The second-order valence-electron chi connectivity index (χ2n) is 5.98. The summed E-state index contributed by atoms with van der Waals surface area (Å²) in [6.45, 7) is 16.2. The van der Waals surface area contributed by atoms with Crippen LogP contribution in [0.1, 0.15) is 41.5 Å². The van der Waals surface area contributed by atoms with Crippen LogP contribution in [0.3, 0.4) is 0 Å². The first-order valence-corrected chi connectivity index (χ1v) is 5.59. The average molecular weight is 181 g/mol. The quantitative estimate of drug-likeness (QED) is 0.561. The van der Waals surface area contributed by atoms with Crippen molar-refractivity contribution in [3.63, 3.8) is 0 Å². The summed E-state index contributed by atoms with van der Waals surface area (Å²) in [4.78, 5) is 2.68. The van der Waals surface area contributed by atoms with Gasteiger partial charge in [0, 0.05) is 5.54 Å². The average Bonchev–Trinajstić information content (AvgIpc) is 2.29. The van der Waals surface area contributed by atoms with Gasteiger partial charge >= 0.3 is 0 Å². The van der Waals surface area contributed by atoms with Crippen LogP contribution in [0.15, 0.2) is 0 Å². The fraction of sp³-hybridized carbons (Fsp3) is 1.00. The molecule has 0 spiro atoms. The molecule has 1 rings (SSSR count). The van der Waals surface area contributed by atoms with Crippen LogP contribution in [0.25, 0.3) is 0 Å². The molecule has 0 radical (unpaired) electrons. The third-order valence-corrected chi connectivity index (χ3v) is 3.18. The van der Waals surface area contributed by atoms with E-state index in [0.29, 0.717) is 5.54 Å². The fourth-order valence-corrected chi connectivity index (χ4v) is 2.49. The van der Waals surface area contributed by atoms with Crippen LogP contribution in [-0.4, -0.2) is 23.7 Å². The second-order valence-corrected chi connectivity index (χ2v) is 5.98. The highest BCUT2D eigenvalue weighted by atomic mass is 15.1. The lowest BCUT2D eigenvalue weighted by atomic mass is 9.49. The van der Waals surface area contributed by atoms with Crippen LogP contribution in [0, 0.1) is 5.92 Å².